The summed E-state index contributed by atoms with van der Waals surface area (Å²) in [4.78, 5) is 2.22. The highest BCUT2D eigenvalue weighted by molar-refractivity contribution is 7.87. The molecule has 24 heavy (non-hydrogen) atoms. The van der Waals surface area contributed by atoms with E-state index in [1.54, 1.807) is 0 Å². The monoisotopic (exact) mass is 375 g/mol. The van der Waals surface area contributed by atoms with Crippen LogP contribution in [0.3, 0.4) is 0 Å². The zero-order valence-corrected chi connectivity index (χ0v) is 15.8. The molecule has 0 saturated carbocycles. The van der Waals surface area contributed by atoms with Gasteiger partial charge >= 0.3 is 0 Å². The molecule has 0 aromatic heterocycles. The number of morpholine rings is 1. The van der Waals surface area contributed by atoms with Gasteiger partial charge in [0.2, 0.25) is 0 Å². The van der Waals surface area contributed by atoms with Gasteiger partial charge < -0.3 is 4.74 Å². The third-order valence-electron chi connectivity index (χ3n) is 4.26. The summed E-state index contributed by atoms with van der Waals surface area (Å²) in [6.07, 6.45) is 0. The van der Waals surface area contributed by atoms with Crippen molar-refractivity contribution in [2.45, 2.75) is 19.9 Å². The van der Waals surface area contributed by atoms with Crippen molar-refractivity contribution in [3.05, 3.63) is 34.9 Å². The van der Waals surface area contributed by atoms with E-state index < -0.39 is 10.2 Å². The van der Waals surface area contributed by atoms with Gasteiger partial charge in [-0.05, 0) is 11.6 Å². The number of nitrogens with one attached hydrogen (secondary N) is 1. The van der Waals surface area contributed by atoms with Gasteiger partial charge in [-0.15, -0.1) is 0 Å². The Hall–Kier alpha value is -0.700. The van der Waals surface area contributed by atoms with E-state index in [0.717, 1.165) is 18.7 Å². The van der Waals surface area contributed by atoms with Crippen LogP contribution in [0.4, 0.5) is 0 Å². The van der Waals surface area contributed by atoms with Gasteiger partial charge in [0.05, 0.1) is 19.3 Å². The highest BCUT2D eigenvalue weighted by atomic mass is 35.5. The molecule has 1 aliphatic rings. The minimum Gasteiger partial charge on any atom is -0.379 e. The van der Waals surface area contributed by atoms with Crippen molar-refractivity contribution in [1.29, 1.82) is 0 Å². The molecule has 1 aliphatic heterocycles. The van der Waals surface area contributed by atoms with Crippen LogP contribution < -0.4 is 4.72 Å². The van der Waals surface area contributed by atoms with Gasteiger partial charge in [-0.1, -0.05) is 43.6 Å². The van der Waals surface area contributed by atoms with Crippen LogP contribution in [0, 0.1) is 0 Å². The third-order valence-corrected chi connectivity index (χ3v) is 6.33. The number of hydrogen-bond acceptors (Lipinski definition) is 4. The number of halogens is 1. The summed E-state index contributed by atoms with van der Waals surface area (Å²) in [6, 6.07) is 7.47. The van der Waals surface area contributed by atoms with E-state index in [1.807, 2.05) is 38.1 Å². The molecule has 0 amide bonds. The van der Waals surface area contributed by atoms with Crippen molar-refractivity contribution >= 4 is 21.8 Å². The van der Waals surface area contributed by atoms with Crippen LogP contribution in [-0.4, -0.2) is 63.6 Å². The molecule has 1 saturated heterocycles. The van der Waals surface area contributed by atoms with E-state index in [9.17, 15) is 8.42 Å². The molecular weight excluding hydrogens is 350 g/mol. The maximum absolute atomic E-state index is 12.4. The van der Waals surface area contributed by atoms with Crippen LogP contribution in [0.5, 0.6) is 0 Å². The Morgan fingerprint density at radius 3 is 2.46 bits per heavy atom. The Balaban J connectivity index is 2.19. The second-order valence-electron chi connectivity index (χ2n) is 5.62. The molecule has 136 valence electrons. The predicted octanol–water partition coefficient (Wildman–Crippen LogP) is 1.89. The van der Waals surface area contributed by atoms with E-state index in [-0.39, 0.29) is 12.6 Å². The molecule has 0 unspecified atom stereocenters. The van der Waals surface area contributed by atoms with E-state index >= 15 is 0 Å². The van der Waals surface area contributed by atoms with Gasteiger partial charge in [-0.2, -0.15) is 12.7 Å². The summed E-state index contributed by atoms with van der Waals surface area (Å²) >= 11 is 6.36. The zero-order valence-electron chi connectivity index (χ0n) is 14.2. The molecule has 0 aliphatic carbocycles. The average molecular weight is 376 g/mol. The minimum absolute atomic E-state index is 0.118. The maximum Gasteiger partial charge on any atom is 0.279 e. The van der Waals surface area contributed by atoms with E-state index in [1.165, 1.54) is 4.31 Å². The first kappa shape index (κ1) is 19.6. The van der Waals surface area contributed by atoms with Crippen molar-refractivity contribution in [2.75, 3.05) is 45.9 Å². The Bertz CT molecular complexity index is 617. The predicted molar refractivity (Wildman–Crippen MR) is 96.4 cm³/mol. The third kappa shape index (κ3) is 4.91. The number of ether oxygens (including phenoxy) is 1. The average Bonchev–Trinajstić information content (AvgIpc) is 2.58. The second kappa shape index (κ2) is 9.12. The quantitative estimate of drug-likeness (QED) is 0.753. The first-order valence-corrected chi connectivity index (χ1v) is 10.1. The molecule has 6 nitrogen and oxygen atoms in total. The second-order valence-corrected chi connectivity index (χ2v) is 7.79. The lowest BCUT2D eigenvalue weighted by Gasteiger charge is -2.35. The lowest BCUT2D eigenvalue weighted by molar-refractivity contribution is 0.0171. The Labute approximate surface area is 149 Å². The number of hydrogen-bond donors (Lipinski definition) is 1. The Kier molecular flexibility index (Phi) is 7.46. The number of rotatable bonds is 8. The molecular formula is C16H26ClN3O3S. The zero-order chi connectivity index (χ0) is 17.6. The fraction of sp³-hybridized carbons (Fsp3) is 0.625. The molecule has 8 heteroatoms. The van der Waals surface area contributed by atoms with E-state index in [2.05, 4.69) is 9.62 Å². The largest absolute Gasteiger partial charge is 0.379 e. The van der Waals surface area contributed by atoms with Crippen LogP contribution in [0.25, 0.3) is 0 Å². The fourth-order valence-electron chi connectivity index (χ4n) is 2.91. The molecule has 0 spiro atoms. The van der Waals surface area contributed by atoms with Gasteiger partial charge in [0.25, 0.3) is 10.2 Å². The van der Waals surface area contributed by atoms with Crippen LogP contribution in [0.1, 0.15) is 25.5 Å². The standard InChI is InChI=1S/C16H26ClN3O3S/c1-3-20(4-2)24(21,22)18-13-16(19-9-11-23-12-10-19)14-7-5-6-8-15(14)17/h5-8,16,18H,3-4,9-13H2,1-2H3/t16-/m0/s1. The highest BCUT2D eigenvalue weighted by Crippen LogP contribution is 2.28. The van der Waals surface area contributed by atoms with Crippen molar-refractivity contribution in [2.24, 2.45) is 0 Å². The van der Waals surface area contributed by atoms with Crippen LogP contribution in [0.15, 0.2) is 24.3 Å². The van der Waals surface area contributed by atoms with Crippen LogP contribution >= 0.6 is 11.6 Å². The van der Waals surface area contributed by atoms with Gasteiger partial charge in [-0.25, -0.2) is 4.72 Å². The maximum atomic E-state index is 12.4. The number of benzene rings is 1. The number of nitrogens with zero attached hydrogens (tertiary/aromatic N) is 2. The van der Waals surface area contributed by atoms with Crippen molar-refractivity contribution in [1.82, 2.24) is 13.9 Å². The lowest BCUT2D eigenvalue weighted by Crippen LogP contribution is -2.47. The molecule has 1 heterocycles. The topological polar surface area (TPSA) is 61.9 Å². The summed E-state index contributed by atoms with van der Waals surface area (Å²) in [6.45, 7) is 7.62. The molecule has 0 radical (unpaired) electrons. The van der Waals surface area contributed by atoms with Crippen molar-refractivity contribution < 1.29 is 13.2 Å². The smallest absolute Gasteiger partial charge is 0.279 e. The summed E-state index contributed by atoms with van der Waals surface area (Å²) < 4.78 is 34.4. The first-order valence-electron chi connectivity index (χ1n) is 8.30. The van der Waals surface area contributed by atoms with Crippen molar-refractivity contribution in [3.63, 3.8) is 0 Å². The molecule has 0 bridgehead atoms. The molecule has 1 aromatic rings. The molecule has 1 N–H and O–H groups in total. The van der Waals surface area contributed by atoms with E-state index in [4.69, 9.17) is 16.3 Å². The Morgan fingerprint density at radius 1 is 1.25 bits per heavy atom. The van der Waals surface area contributed by atoms with Gasteiger partial charge in [-0.3, -0.25) is 4.90 Å². The summed E-state index contributed by atoms with van der Waals surface area (Å²) in [5.74, 6) is 0. The molecule has 1 fully saturated rings. The SMILES string of the molecule is CCN(CC)S(=O)(=O)NC[C@@H](c1ccccc1Cl)N1CCOCC1. The molecule has 1 aromatic carbocycles. The van der Waals surface area contributed by atoms with Gasteiger partial charge in [0, 0.05) is 37.7 Å². The summed E-state index contributed by atoms with van der Waals surface area (Å²) in [7, 11) is -3.49. The molecule has 2 rings (SSSR count). The Morgan fingerprint density at radius 2 is 1.88 bits per heavy atom. The van der Waals surface area contributed by atoms with Gasteiger partial charge in [0.15, 0.2) is 0 Å². The van der Waals surface area contributed by atoms with Crippen LogP contribution in [0.2, 0.25) is 5.02 Å². The van der Waals surface area contributed by atoms with Crippen LogP contribution in [-0.2, 0) is 14.9 Å². The fourth-order valence-corrected chi connectivity index (χ4v) is 4.40. The minimum atomic E-state index is -3.49. The summed E-state index contributed by atoms with van der Waals surface area (Å²) in [5.41, 5.74) is 0.934. The van der Waals surface area contributed by atoms with Crippen molar-refractivity contribution in [3.8, 4) is 0 Å². The normalized spacial score (nSPS) is 18.0. The summed E-state index contributed by atoms with van der Waals surface area (Å²) in [5, 5.41) is 0.649. The van der Waals surface area contributed by atoms with E-state index in [0.29, 0.717) is 31.3 Å². The highest BCUT2D eigenvalue weighted by Gasteiger charge is 2.27. The first-order chi connectivity index (χ1) is 11.5. The van der Waals surface area contributed by atoms with Gasteiger partial charge in [0.1, 0.15) is 0 Å². The molecule has 1 atom stereocenters. The lowest BCUT2D eigenvalue weighted by atomic mass is 10.0.